The van der Waals surface area contributed by atoms with Crippen LogP contribution in [0.1, 0.15) is 0 Å². The maximum absolute atomic E-state index is 4.16. The van der Waals surface area contributed by atoms with E-state index in [4.69, 9.17) is 0 Å². The summed E-state index contributed by atoms with van der Waals surface area (Å²) in [6, 6.07) is 0. The fraction of sp³-hybridized carbons (Fsp3) is 0.750. The van der Waals surface area contributed by atoms with Gasteiger partial charge in [0.15, 0.2) is 0 Å². The number of rotatable bonds is 1. The first-order valence-electron chi connectivity index (χ1n) is 2.09. The molecular formula is C4H7NS2. The Labute approximate surface area is 52.0 Å². The normalized spacial score (nSPS) is 29.0. The van der Waals surface area contributed by atoms with E-state index in [0.717, 1.165) is 0 Å². The summed E-state index contributed by atoms with van der Waals surface area (Å²) in [4.78, 5) is 4.16. The van der Waals surface area contributed by atoms with E-state index < -0.39 is 0 Å². The molecule has 40 valence electrons. The van der Waals surface area contributed by atoms with Crippen LogP contribution in [0.2, 0.25) is 0 Å². The lowest BCUT2D eigenvalue weighted by Gasteiger charge is -1.95. The van der Waals surface area contributed by atoms with Crippen molar-refractivity contribution in [2.24, 2.45) is 4.99 Å². The molecule has 1 atom stereocenters. The van der Waals surface area contributed by atoms with Crippen molar-refractivity contribution >= 4 is 29.1 Å². The molecule has 0 fully saturated rings. The van der Waals surface area contributed by atoms with Crippen molar-refractivity contribution in [1.29, 1.82) is 0 Å². The van der Waals surface area contributed by atoms with E-state index in [1.807, 2.05) is 17.3 Å². The van der Waals surface area contributed by atoms with Gasteiger partial charge in [-0.05, 0) is 6.26 Å². The third kappa shape index (κ3) is 1.39. The first-order valence-corrected chi connectivity index (χ1v) is 4.43. The van der Waals surface area contributed by atoms with Gasteiger partial charge in [-0.1, -0.05) is 0 Å². The van der Waals surface area contributed by atoms with Crippen molar-refractivity contribution in [2.45, 2.75) is 5.37 Å². The molecule has 1 aliphatic rings. The van der Waals surface area contributed by atoms with Crippen LogP contribution in [-0.4, -0.2) is 22.9 Å². The average molecular weight is 133 g/mol. The fourth-order valence-electron chi connectivity index (χ4n) is 0.408. The lowest BCUT2D eigenvalue weighted by Crippen LogP contribution is -1.93. The highest BCUT2D eigenvalue weighted by Gasteiger charge is 2.06. The van der Waals surface area contributed by atoms with E-state index >= 15 is 0 Å². The summed E-state index contributed by atoms with van der Waals surface area (Å²) in [5, 5.41) is 0.546. The van der Waals surface area contributed by atoms with Crippen molar-refractivity contribution in [2.75, 3.05) is 12.0 Å². The monoisotopic (exact) mass is 133 g/mol. The zero-order valence-corrected chi connectivity index (χ0v) is 5.76. The van der Waals surface area contributed by atoms with Crippen molar-refractivity contribution in [1.82, 2.24) is 0 Å². The highest BCUT2D eigenvalue weighted by molar-refractivity contribution is 8.13. The molecule has 1 rings (SSSR count). The van der Waals surface area contributed by atoms with Crippen LogP contribution in [-0.2, 0) is 0 Å². The summed E-state index contributed by atoms with van der Waals surface area (Å²) in [6.07, 6.45) is 2.09. The zero-order valence-electron chi connectivity index (χ0n) is 4.13. The van der Waals surface area contributed by atoms with Gasteiger partial charge in [-0.2, -0.15) is 0 Å². The van der Waals surface area contributed by atoms with Crippen LogP contribution < -0.4 is 0 Å². The predicted molar refractivity (Wildman–Crippen MR) is 38.3 cm³/mol. The van der Waals surface area contributed by atoms with Crippen LogP contribution in [0.15, 0.2) is 4.99 Å². The maximum atomic E-state index is 4.16. The van der Waals surface area contributed by atoms with Gasteiger partial charge in [0.1, 0.15) is 5.37 Å². The molecular weight excluding hydrogens is 126 g/mol. The van der Waals surface area contributed by atoms with E-state index in [9.17, 15) is 0 Å². The van der Waals surface area contributed by atoms with Crippen molar-refractivity contribution in [3.05, 3.63) is 0 Å². The summed E-state index contributed by atoms with van der Waals surface area (Å²) in [5.41, 5.74) is 1.93. The minimum Gasteiger partial charge on any atom is -0.271 e. The number of aliphatic imine (C=N–C) groups is 1. The van der Waals surface area contributed by atoms with Gasteiger partial charge in [0, 0.05) is 5.75 Å². The van der Waals surface area contributed by atoms with Gasteiger partial charge in [0.2, 0.25) is 0 Å². The largest absolute Gasteiger partial charge is 0.271 e. The van der Waals surface area contributed by atoms with E-state index in [1.165, 1.54) is 5.75 Å². The van der Waals surface area contributed by atoms with Gasteiger partial charge in [-0.3, -0.25) is 4.99 Å². The maximum Gasteiger partial charge on any atom is 0.105 e. The van der Waals surface area contributed by atoms with Crippen LogP contribution in [0.25, 0.3) is 0 Å². The van der Waals surface area contributed by atoms with Crippen molar-refractivity contribution in [3.63, 3.8) is 0 Å². The van der Waals surface area contributed by atoms with Gasteiger partial charge in [-0.25, -0.2) is 0 Å². The van der Waals surface area contributed by atoms with Gasteiger partial charge in [0.25, 0.3) is 0 Å². The summed E-state index contributed by atoms with van der Waals surface area (Å²) in [5.74, 6) is 1.17. The zero-order chi connectivity index (χ0) is 5.11. The Hall–Kier alpha value is 0.370. The fourth-order valence-corrected chi connectivity index (χ4v) is 2.02. The van der Waals surface area contributed by atoms with Gasteiger partial charge in [-0.15, -0.1) is 23.5 Å². The highest BCUT2D eigenvalue weighted by Crippen LogP contribution is 2.18. The Balaban J connectivity index is 2.28. The van der Waals surface area contributed by atoms with Crippen LogP contribution in [0.5, 0.6) is 0 Å². The second kappa shape index (κ2) is 2.62. The van der Waals surface area contributed by atoms with Gasteiger partial charge in [0.05, 0.1) is 5.55 Å². The molecule has 7 heavy (non-hydrogen) atoms. The molecule has 0 saturated heterocycles. The summed E-state index contributed by atoms with van der Waals surface area (Å²) >= 11 is 3.61. The summed E-state index contributed by atoms with van der Waals surface area (Å²) < 4.78 is 0. The number of nitrogens with zero attached hydrogens (tertiary/aromatic N) is 1. The Kier molecular flexibility index (Phi) is 2.06. The standard InChI is InChI=1S/C4H7NS2/c1-6-4-2-7-3-5-4/h3-4H,2H2,1H3. The van der Waals surface area contributed by atoms with Crippen molar-refractivity contribution in [3.8, 4) is 0 Å². The molecule has 0 N–H and O–H groups in total. The molecule has 0 saturated carbocycles. The Bertz CT molecular complexity index is 81.8. The molecule has 0 aliphatic carbocycles. The molecule has 1 heterocycles. The molecule has 0 spiro atoms. The van der Waals surface area contributed by atoms with Crippen LogP contribution in [0.3, 0.4) is 0 Å². The molecule has 1 unspecified atom stereocenters. The van der Waals surface area contributed by atoms with Crippen LogP contribution in [0, 0.1) is 0 Å². The molecule has 0 radical (unpaired) electrons. The van der Waals surface area contributed by atoms with E-state index in [2.05, 4.69) is 11.2 Å². The number of hydrogen-bond acceptors (Lipinski definition) is 3. The lowest BCUT2D eigenvalue weighted by molar-refractivity contribution is 1.09. The first-order chi connectivity index (χ1) is 3.43. The third-order valence-electron chi connectivity index (χ3n) is 0.813. The molecule has 0 amide bonds. The molecule has 0 bridgehead atoms. The summed E-state index contributed by atoms with van der Waals surface area (Å²) in [6.45, 7) is 0. The first kappa shape index (κ1) is 5.51. The van der Waals surface area contributed by atoms with E-state index in [0.29, 0.717) is 5.37 Å². The molecule has 1 aliphatic heterocycles. The second-order valence-electron chi connectivity index (χ2n) is 1.28. The molecule has 0 aromatic rings. The molecule has 0 aromatic heterocycles. The Morgan fingerprint density at radius 2 is 2.86 bits per heavy atom. The smallest absolute Gasteiger partial charge is 0.105 e. The highest BCUT2D eigenvalue weighted by atomic mass is 32.2. The average Bonchev–Trinajstić information content (AvgIpc) is 2.14. The van der Waals surface area contributed by atoms with Crippen LogP contribution in [0.4, 0.5) is 0 Å². The van der Waals surface area contributed by atoms with Crippen LogP contribution >= 0.6 is 23.5 Å². The minimum atomic E-state index is 0.546. The molecule has 1 nitrogen and oxygen atoms in total. The molecule has 0 aromatic carbocycles. The minimum absolute atomic E-state index is 0.546. The number of hydrogen-bond donors (Lipinski definition) is 0. The topological polar surface area (TPSA) is 12.4 Å². The quantitative estimate of drug-likeness (QED) is 0.537. The Morgan fingerprint density at radius 3 is 3.14 bits per heavy atom. The molecule has 3 heteroatoms. The van der Waals surface area contributed by atoms with Crippen molar-refractivity contribution < 1.29 is 0 Å². The summed E-state index contributed by atoms with van der Waals surface area (Å²) in [7, 11) is 0. The SMILES string of the molecule is CSC1CSC=N1. The van der Waals surface area contributed by atoms with E-state index in [-0.39, 0.29) is 0 Å². The Morgan fingerprint density at radius 1 is 2.00 bits per heavy atom. The lowest BCUT2D eigenvalue weighted by atomic mass is 10.8. The second-order valence-corrected chi connectivity index (χ2v) is 3.17. The predicted octanol–water partition coefficient (Wildman–Crippen LogP) is 1.45. The van der Waals surface area contributed by atoms with E-state index in [1.54, 1.807) is 11.8 Å². The van der Waals surface area contributed by atoms with Gasteiger partial charge < -0.3 is 0 Å². The third-order valence-corrected chi connectivity index (χ3v) is 2.64. The number of thioether (sulfide) groups is 2. The van der Waals surface area contributed by atoms with Gasteiger partial charge >= 0.3 is 0 Å².